The largest absolute Gasteiger partial charge is 0.493 e. The molecule has 0 aromatic heterocycles. The predicted octanol–water partition coefficient (Wildman–Crippen LogP) is 2.40. The molecule has 0 spiro atoms. The summed E-state index contributed by atoms with van der Waals surface area (Å²) >= 11 is 11.5. The Labute approximate surface area is 127 Å². The van der Waals surface area contributed by atoms with Crippen LogP contribution in [0.25, 0.3) is 0 Å². The molecule has 0 aliphatic heterocycles. The molecule has 0 saturated heterocycles. The van der Waals surface area contributed by atoms with Gasteiger partial charge in [-0.3, -0.25) is 5.43 Å². The van der Waals surface area contributed by atoms with Crippen molar-refractivity contribution in [3.05, 3.63) is 20.6 Å². The first-order chi connectivity index (χ1) is 8.51. The molecule has 98 valence electrons. The number of benzene rings is 1. The highest BCUT2D eigenvalue weighted by atomic mass is 79.9. The fourth-order valence-electron chi connectivity index (χ4n) is 1.21. The maximum absolute atomic E-state index is 5.27. The minimum atomic E-state index is 0.0990. The van der Waals surface area contributed by atoms with Gasteiger partial charge in [-0.05, 0) is 50.1 Å². The van der Waals surface area contributed by atoms with Crippen molar-refractivity contribution in [1.82, 2.24) is 5.43 Å². The van der Waals surface area contributed by atoms with E-state index in [9.17, 15) is 0 Å². The predicted molar refractivity (Wildman–Crippen MR) is 82.5 cm³/mol. The fourth-order valence-corrected chi connectivity index (χ4v) is 2.24. The van der Waals surface area contributed by atoms with Gasteiger partial charge in [-0.15, -0.1) is 0 Å². The van der Waals surface area contributed by atoms with Crippen molar-refractivity contribution in [2.75, 3.05) is 14.2 Å². The van der Waals surface area contributed by atoms with Crippen LogP contribution in [0.5, 0.6) is 11.5 Å². The summed E-state index contributed by atoms with van der Waals surface area (Å²) in [6.07, 6.45) is 1.57. The Morgan fingerprint density at radius 3 is 2.56 bits per heavy atom. The summed E-state index contributed by atoms with van der Waals surface area (Å²) in [6.45, 7) is 0. The van der Waals surface area contributed by atoms with E-state index in [2.05, 4.69) is 54.6 Å². The van der Waals surface area contributed by atoms with Crippen LogP contribution < -0.4 is 20.6 Å². The Hall–Kier alpha value is -0.860. The maximum Gasteiger partial charge on any atom is 0.184 e. The topological polar surface area (TPSA) is 68.9 Å². The Morgan fingerprint density at radius 2 is 2.06 bits per heavy atom. The second-order valence-electron chi connectivity index (χ2n) is 3.06. The van der Waals surface area contributed by atoms with Crippen molar-refractivity contribution in [3.63, 3.8) is 0 Å². The SMILES string of the molecule is COc1cc(C=NNC(N)=S)c(Br)c(Br)c1OC. The van der Waals surface area contributed by atoms with Gasteiger partial charge in [-0.1, -0.05) is 0 Å². The molecule has 8 heteroatoms. The minimum Gasteiger partial charge on any atom is -0.493 e. The van der Waals surface area contributed by atoms with E-state index in [0.717, 1.165) is 14.5 Å². The van der Waals surface area contributed by atoms with Gasteiger partial charge in [-0.2, -0.15) is 5.10 Å². The third-order valence-corrected chi connectivity index (χ3v) is 4.19. The molecule has 18 heavy (non-hydrogen) atoms. The molecular weight excluding hydrogens is 386 g/mol. The number of ether oxygens (including phenoxy) is 2. The number of nitrogens with one attached hydrogen (secondary N) is 1. The van der Waals surface area contributed by atoms with E-state index in [4.69, 9.17) is 15.2 Å². The van der Waals surface area contributed by atoms with Crippen molar-refractivity contribution in [1.29, 1.82) is 0 Å². The molecule has 1 aromatic carbocycles. The van der Waals surface area contributed by atoms with Crippen molar-refractivity contribution in [3.8, 4) is 11.5 Å². The zero-order chi connectivity index (χ0) is 13.7. The van der Waals surface area contributed by atoms with Crippen LogP contribution in [-0.4, -0.2) is 25.5 Å². The molecule has 0 amide bonds. The summed E-state index contributed by atoms with van der Waals surface area (Å²) in [6, 6.07) is 1.78. The molecule has 0 heterocycles. The number of methoxy groups -OCH3 is 2. The van der Waals surface area contributed by atoms with Crippen LogP contribution in [0.2, 0.25) is 0 Å². The van der Waals surface area contributed by atoms with Crippen molar-refractivity contribution < 1.29 is 9.47 Å². The van der Waals surface area contributed by atoms with Crippen LogP contribution in [0.1, 0.15) is 5.56 Å². The molecule has 0 saturated carbocycles. The lowest BCUT2D eigenvalue weighted by atomic mass is 10.2. The van der Waals surface area contributed by atoms with Crippen LogP contribution in [0, 0.1) is 0 Å². The summed E-state index contributed by atoms with van der Waals surface area (Å²) in [4.78, 5) is 0. The number of hydrogen-bond donors (Lipinski definition) is 2. The summed E-state index contributed by atoms with van der Waals surface area (Å²) in [5, 5.41) is 3.98. The molecule has 1 aromatic rings. The van der Waals surface area contributed by atoms with Gasteiger partial charge >= 0.3 is 0 Å². The van der Waals surface area contributed by atoms with Gasteiger partial charge in [0.25, 0.3) is 0 Å². The van der Waals surface area contributed by atoms with Gasteiger partial charge in [0, 0.05) is 10.0 Å². The van der Waals surface area contributed by atoms with Crippen LogP contribution in [0.15, 0.2) is 20.1 Å². The van der Waals surface area contributed by atoms with E-state index in [1.165, 1.54) is 0 Å². The van der Waals surface area contributed by atoms with E-state index < -0.39 is 0 Å². The lowest BCUT2D eigenvalue weighted by Gasteiger charge is -2.12. The fraction of sp³-hybridized carbons (Fsp3) is 0.200. The Bertz CT molecular complexity index is 495. The first kappa shape index (κ1) is 15.2. The monoisotopic (exact) mass is 395 g/mol. The molecule has 5 nitrogen and oxygen atoms in total. The molecule has 0 radical (unpaired) electrons. The summed E-state index contributed by atoms with van der Waals surface area (Å²) in [5.41, 5.74) is 8.53. The lowest BCUT2D eigenvalue weighted by Crippen LogP contribution is -2.24. The molecular formula is C10H11Br2N3O2S. The molecule has 0 unspecified atom stereocenters. The average molecular weight is 397 g/mol. The van der Waals surface area contributed by atoms with Gasteiger partial charge in [0.15, 0.2) is 16.6 Å². The van der Waals surface area contributed by atoms with E-state index in [1.807, 2.05) is 0 Å². The number of nitrogens with two attached hydrogens (primary N) is 1. The number of halogens is 2. The third kappa shape index (κ3) is 3.56. The number of thiocarbonyl (C=S) groups is 1. The summed E-state index contributed by atoms with van der Waals surface area (Å²) in [7, 11) is 3.13. The average Bonchev–Trinajstić information content (AvgIpc) is 2.33. The van der Waals surface area contributed by atoms with Crippen molar-refractivity contribution in [2.24, 2.45) is 10.8 Å². The maximum atomic E-state index is 5.27. The third-order valence-electron chi connectivity index (χ3n) is 1.96. The molecule has 0 atom stereocenters. The highest BCUT2D eigenvalue weighted by molar-refractivity contribution is 9.13. The first-order valence-corrected chi connectivity index (χ1v) is 6.69. The molecule has 0 aliphatic carbocycles. The quantitative estimate of drug-likeness (QED) is 0.464. The highest BCUT2D eigenvalue weighted by Gasteiger charge is 2.15. The van der Waals surface area contributed by atoms with Crippen molar-refractivity contribution >= 4 is 55.4 Å². The first-order valence-electron chi connectivity index (χ1n) is 4.69. The molecule has 0 fully saturated rings. The van der Waals surface area contributed by atoms with Gasteiger partial charge < -0.3 is 15.2 Å². The van der Waals surface area contributed by atoms with Gasteiger partial charge in [0.2, 0.25) is 0 Å². The molecule has 1 rings (SSSR count). The Morgan fingerprint density at radius 1 is 1.39 bits per heavy atom. The van der Waals surface area contributed by atoms with Crippen LogP contribution in [0.3, 0.4) is 0 Å². The minimum absolute atomic E-state index is 0.0990. The molecule has 3 N–H and O–H groups in total. The standard InChI is InChI=1S/C10H11Br2N3O2S/c1-16-6-3-5(4-14-15-10(13)18)7(11)8(12)9(6)17-2/h3-4H,1-2H3,(H3,13,15,18). The number of rotatable bonds is 4. The highest BCUT2D eigenvalue weighted by Crippen LogP contribution is 2.41. The number of hydrogen-bond acceptors (Lipinski definition) is 4. The number of hydrazone groups is 1. The Kier molecular flexibility index (Phi) is 5.83. The summed E-state index contributed by atoms with van der Waals surface area (Å²) < 4.78 is 12.0. The molecule has 0 bridgehead atoms. The van der Waals surface area contributed by atoms with Gasteiger partial charge in [0.05, 0.1) is 24.9 Å². The van der Waals surface area contributed by atoms with Gasteiger partial charge in [0.1, 0.15) is 0 Å². The van der Waals surface area contributed by atoms with Crippen LogP contribution in [0.4, 0.5) is 0 Å². The zero-order valence-corrected chi connectivity index (χ0v) is 13.6. The van der Waals surface area contributed by atoms with E-state index in [0.29, 0.717) is 11.5 Å². The second kappa shape index (κ2) is 6.91. The Balaban J connectivity index is 3.17. The lowest BCUT2D eigenvalue weighted by molar-refractivity contribution is 0.353. The van der Waals surface area contributed by atoms with Crippen LogP contribution >= 0.6 is 44.1 Å². The number of nitrogens with zero attached hydrogens (tertiary/aromatic N) is 1. The second-order valence-corrected chi connectivity index (χ2v) is 5.09. The van der Waals surface area contributed by atoms with Gasteiger partial charge in [-0.25, -0.2) is 0 Å². The van der Waals surface area contributed by atoms with E-state index in [-0.39, 0.29) is 5.11 Å². The van der Waals surface area contributed by atoms with Crippen molar-refractivity contribution in [2.45, 2.75) is 0 Å². The smallest absolute Gasteiger partial charge is 0.184 e. The summed E-state index contributed by atoms with van der Waals surface area (Å²) in [5.74, 6) is 1.19. The van der Waals surface area contributed by atoms with E-state index in [1.54, 1.807) is 26.5 Å². The van der Waals surface area contributed by atoms with E-state index >= 15 is 0 Å². The molecule has 0 aliphatic rings. The van der Waals surface area contributed by atoms with Crippen LogP contribution in [-0.2, 0) is 0 Å². The normalized spacial score (nSPS) is 10.4. The zero-order valence-electron chi connectivity index (χ0n) is 9.66.